The van der Waals surface area contributed by atoms with Gasteiger partial charge in [-0.15, -0.1) is 0 Å². The molecule has 2 aromatic heterocycles. The third kappa shape index (κ3) is 6.31. The van der Waals surface area contributed by atoms with E-state index in [2.05, 4.69) is 26.3 Å². The molecule has 2 aliphatic heterocycles. The van der Waals surface area contributed by atoms with Gasteiger partial charge in [0.15, 0.2) is 0 Å². The maximum Gasteiger partial charge on any atom is 0.264 e. The van der Waals surface area contributed by atoms with Crippen LogP contribution in [0.1, 0.15) is 63.8 Å². The second-order valence-corrected chi connectivity index (χ2v) is 10.9. The molecule has 2 unspecified atom stereocenters. The van der Waals surface area contributed by atoms with Crippen molar-refractivity contribution in [1.29, 1.82) is 0 Å². The molecule has 0 spiro atoms. The Morgan fingerprint density at radius 2 is 1.87 bits per heavy atom. The Labute approximate surface area is 258 Å². The first-order valence-corrected chi connectivity index (χ1v) is 14.9. The normalized spacial score (nSPS) is 16.9. The molecule has 2 aliphatic rings. The fourth-order valence-corrected chi connectivity index (χ4v) is 5.69. The Hall–Kier alpha value is -5.36. The first kappa shape index (κ1) is 29.7. The van der Waals surface area contributed by atoms with E-state index in [1.165, 1.54) is 0 Å². The zero-order valence-corrected chi connectivity index (χ0v) is 24.4. The van der Waals surface area contributed by atoms with Crippen molar-refractivity contribution in [3.05, 3.63) is 95.5 Å². The van der Waals surface area contributed by atoms with Gasteiger partial charge in [-0.2, -0.15) is 0 Å². The largest absolute Gasteiger partial charge is 0.459 e. The molecule has 45 heavy (non-hydrogen) atoms. The summed E-state index contributed by atoms with van der Waals surface area (Å²) >= 11 is 0. The summed E-state index contributed by atoms with van der Waals surface area (Å²) in [5.74, 6) is -1.57. The van der Waals surface area contributed by atoms with Crippen LogP contribution in [0.3, 0.4) is 0 Å². The highest BCUT2D eigenvalue weighted by molar-refractivity contribution is 6.25. The number of fused-ring (bicyclic) bond motifs is 2. The van der Waals surface area contributed by atoms with Crippen molar-refractivity contribution in [3.63, 3.8) is 0 Å². The Kier molecular flexibility index (Phi) is 8.65. The number of amides is 5. The Morgan fingerprint density at radius 1 is 1.00 bits per heavy atom. The number of aromatic nitrogens is 1. The highest BCUT2D eigenvalue weighted by atomic mass is 16.3. The minimum absolute atomic E-state index is 0.0586. The molecule has 5 amide bonds. The molecule has 2 atom stereocenters. The van der Waals surface area contributed by atoms with Gasteiger partial charge in [0.25, 0.3) is 11.8 Å². The van der Waals surface area contributed by atoms with Crippen molar-refractivity contribution in [1.82, 2.24) is 25.8 Å². The molecule has 4 aromatic rings. The Morgan fingerprint density at radius 3 is 2.67 bits per heavy atom. The van der Waals surface area contributed by atoms with E-state index in [0.717, 1.165) is 27.2 Å². The van der Waals surface area contributed by atoms with E-state index in [1.807, 2.05) is 42.5 Å². The number of furan rings is 1. The van der Waals surface area contributed by atoms with Gasteiger partial charge >= 0.3 is 0 Å². The second kappa shape index (κ2) is 13.1. The van der Waals surface area contributed by atoms with Crippen LogP contribution < -0.4 is 21.3 Å². The molecule has 0 radical (unpaired) electrons. The van der Waals surface area contributed by atoms with E-state index in [0.29, 0.717) is 31.7 Å². The monoisotopic (exact) mass is 608 g/mol. The Balaban J connectivity index is 0.981. The lowest BCUT2D eigenvalue weighted by molar-refractivity contribution is -0.136. The number of benzene rings is 2. The minimum Gasteiger partial charge on any atom is -0.459 e. The smallest absolute Gasteiger partial charge is 0.264 e. The SMILES string of the molecule is O=C(CCNC(c1cccnc1)c1cc2ccccc2o1)NCCCNc1cccc2c1C(=O)N(C1CCC(=O)NC1=O)C2=O. The average molecular weight is 609 g/mol. The standard InChI is InChI=1S/C33H32N6O6/c40-27(13-17-37-30(21-7-4-14-34-19-21)26-18-20-6-1-2-10-25(20)45-26)36-16-5-15-35-23-9-3-8-22-29(23)33(44)39(32(22)43)24-11-12-28(41)38-31(24)42/h1-4,6-10,14,18-19,24,30,35,37H,5,11-13,15-17H2,(H,36,40)(H,38,41,42). The number of imide groups is 2. The van der Waals surface area contributed by atoms with Crippen molar-refractivity contribution < 1.29 is 28.4 Å². The van der Waals surface area contributed by atoms with Gasteiger partial charge in [0.2, 0.25) is 17.7 Å². The lowest BCUT2D eigenvalue weighted by Crippen LogP contribution is -2.54. The van der Waals surface area contributed by atoms with E-state index in [1.54, 1.807) is 30.6 Å². The van der Waals surface area contributed by atoms with Gasteiger partial charge in [0, 0.05) is 55.9 Å². The molecule has 1 fully saturated rings. The molecule has 2 aromatic carbocycles. The second-order valence-electron chi connectivity index (χ2n) is 10.9. The molecule has 6 rings (SSSR count). The van der Waals surface area contributed by atoms with Gasteiger partial charge in [-0.05, 0) is 48.7 Å². The molecule has 12 heteroatoms. The highest BCUT2D eigenvalue weighted by Gasteiger charge is 2.45. The summed E-state index contributed by atoms with van der Waals surface area (Å²) in [6.07, 6.45) is 4.46. The summed E-state index contributed by atoms with van der Waals surface area (Å²) in [6.45, 7) is 1.26. The van der Waals surface area contributed by atoms with Crippen LogP contribution in [-0.4, -0.2) is 65.1 Å². The number of nitrogens with one attached hydrogen (secondary N) is 4. The van der Waals surface area contributed by atoms with Crippen LogP contribution in [0, 0.1) is 0 Å². The van der Waals surface area contributed by atoms with Crippen molar-refractivity contribution >= 4 is 46.2 Å². The fourth-order valence-electron chi connectivity index (χ4n) is 5.69. The number of hydrogen-bond donors (Lipinski definition) is 4. The van der Waals surface area contributed by atoms with Gasteiger partial charge in [-0.1, -0.05) is 30.3 Å². The molecule has 4 N–H and O–H groups in total. The van der Waals surface area contributed by atoms with Crippen LogP contribution >= 0.6 is 0 Å². The van der Waals surface area contributed by atoms with Crippen LogP contribution in [-0.2, 0) is 14.4 Å². The first-order chi connectivity index (χ1) is 21.9. The maximum absolute atomic E-state index is 13.2. The topological polar surface area (TPSA) is 163 Å². The van der Waals surface area contributed by atoms with Crippen molar-refractivity contribution in [3.8, 4) is 0 Å². The number of hydrogen-bond acceptors (Lipinski definition) is 9. The van der Waals surface area contributed by atoms with Crippen LogP contribution in [0.5, 0.6) is 0 Å². The number of piperidine rings is 1. The summed E-state index contributed by atoms with van der Waals surface area (Å²) in [6, 6.07) is 17.2. The van der Waals surface area contributed by atoms with Gasteiger partial charge in [-0.25, -0.2) is 0 Å². The molecular weight excluding hydrogens is 576 g/mol. The number of carbonyl (C=O) groups excluding carboxylic acids is 5. The minimum atomic E-state index is -1.02. The number of para-hydroxylation sites is 1. The zero-order chi connectivity index (χ0) is 31.3. The molecular formula is C33H32N6O6. The first-order valence-electron chi connectivity index (χ1n) is 14.9. The Bertz CT molecular complexity index is 1740. The summed E-state index contributed by atoms with van der Waals surface area (Å²) in [5, 5.41) is 12.7. The highest BCUT2D eigenvalue weighted by Crippen LogP contribution is 2.32. The molecule has 0 aliphatic carbocycles. The lowest BCUT2D eigenvalue weighted by Gasteiger charge is -2.27. The van der Waals surface area contributed by atoms with Crippen LogP contribution in [0.4, 0.5) is 5.69 Å². The lowest BCUT2D eigenvalue weighted by atomic mass is 10.0. The van der Waals surface area contributed by atoms with E-state index in [9.17, 15) is 24.0 Å². The third-order valence-corrected chi connectivity index (χ3v) is 7.91. The fraction of sp³-hybridized carbons (Fsp3) is 0.273. The molecule has 0 bridgehead atoms. The summed E-state index contributed by atoms with van der Waals surface area (Å²) in [5.41, 5.74) is 2.61. The van der Waals surface area contributed by atoms with Crippen LogP contribution in [0.2, 0.25) is 0 Å². The van der Waals surface area contributed by atoms with Gasteiger partial charge in [-0.3, -0.25) is 39.2 Å². The van der Waals surface area contributed by atoms with E-state index < -0.39 is 29.7 Å². The quantitative estimate of drug-likeness (QED) is 0.140. The van der Waals surface area contributed by atoms with Crippen molar-refractivity contribution in [2.45, 2.75) is 37.8 Å². The summed E-state index contributed by atoms with van der Waals surface area (Å²) in [7, 11) is 0. The predicted molar refractivity (Wildman–Crippen MR) is 164 cm³/mol. The maximum atomic E-state index is 13.2. The van der Waals surface area contributed by atoms with Gasteiger partial charge in [0.05, 0.1) is 17.2 Å². The third-order valence-electron chi connectivity index (χ3n) is 7.91. The van der Waals surface area contributed by atoms with Crippen molar-refractivity contribution in [2.24, 2.45) is 0 Å². The van der Waals surface area contributed by atoms with E-state index in [-0.39, 0.29) is 42.3 Å². The number of anilines is 1. The molecule has 4 heterocycles. The van der Waals surface area contributed by atoms with Gasteiger partial charge < -0.3 is 20.4 Å². The van der Waals surface area contributed by atoms with Crippen LogP contribution in [0.25, 0.3) is 11.0 Å². The molecule has 1 saturated heterocycles. The molecule has 0 saturated carbocycles. The number of rotatable bonds is 12. The molecule has 230 valence electrons. The van der Waals surface area contributed by atoms with E-state index >= 15 is 0 Å². The van der Waals surface area contributed by atoms with Crippen molar-refractivity contribution in [2.75, 3.05) is 25.0 Å². The van der Waals surface area contributed by atoms with E-state index in [4.69, 9.17) is 4.42 Å². The number of pyridine rings is 1. The predicted octanol–water partition coefficient (Wildman–Crippen LogP) is 2.92. The summed E-state index contributed by atoms with van der Waals surface area (Å²) < 4.78 is 6.09. The summed E-state index contributed by atoms with van der Waals surface area (Å²) in [4.78, 5) is 67.9. The van der Waals surface area contributed by atoms with Crippen LogP contribution in [0.15, 0.2) is 77.5 Å². The number of carbonyl (C=O) groups is 5. The zero-order valence-electron chi connectivity index (χ0n) is 24.4. The van der Waals surface area contributed by atoms with Gasteiger partial charge in [0.1, 0.15) is 17.4 Å². The molecule has 12 nitrogen and oxygen atoms in total. The number of nitrogens with zero attached hydrogens (tertiary/aromatic N) is 2. The average Bonchev–Trinajstić information content (AvgIpc) is 3.58.